The molecule has 0 N–H and O–H groups in total. The Morgan fingerprint density at radius 2 is 1.69 bits per heavy atom. The minimum absolute atomic E-state index is 0.572. The zero-order chi connectivity index (χ0) is 12.4. The molecular weight excluding hydrogens is 196 g/mol. The lowest BCUT2D eigenvalue weighted by atomic mass is 9.94. The summed E-state index contributed by atoms with van der Waals surface area (Å²) in [5.41, 5.74) is 1.42. The average Bonchev–Trinajstić information content (AvgIpc) is 2.17. The molecule has 16 heavy (non-hydrogen) atoms. The summed E-state index contributed by atoms with van der Waals surface area (Å²) in [6, 6.07) is 0. The molecule has 1 heteroatoms. The molecule has 94 valence electrons. The minimum Gasteiger partial charge on any atom is -0.303 e. The smallest absolute Gasteiger partial charge is 0.120 e. The van der Waals surface area contributed by atoms with Crippen molar-refractivity contribution < 1.29 is 4.79 Å². The summed E-state index contributed by atoms with van der Waals surface area (Å²) in [6.45, 7) is 8.82. The summed E-state index contributed by atoms with van der Waals surface area (Å²) >= 11 is 0. The molecule has 0 saturated carbocycles. The van der Waals surface area contributed by atoms with Crippen molar-refractivity contribution in [3.8, 4) is 0 Å². The van der Waals surface area contributed by atoms with Crippen LogP contribution in [0.5, 0.6) is 0 Å². The highest BCUT2D eigenvalue weighted by Crippen LogP contribution is 2.18. The molecule has 0 aliphatic heterocycles. The lowest BCUT2D eigenvalue weighted by Crippen LogP contribution is -1.99. The lowest BCUT2D eigenvalue weighted by Gasteiger charge is -2.12. The van der Waals surface area contributed by atoms with Crippen LogP contribution in [0.2, 0.25) is 0 Å². The molecule has 0 aromatic carbocycles. The number of rotatable bonds is 9. The van der Waals surface area contributed by atoms with E-state index in [4.69, 9.17) is 0 Å². The number of aldehydes is 1. The second-order valence-electron chi connectivity index (χ2n) is 5.40. The van der Waals surface area contributed by atoms with Crippen LogP contribution in [-0.4, -0.2) is 6.29 Å². The van der Waals surface area contributed by atoms with Crippen molar-refractivity contribution in [1.82, 2.24) is 0 Å². The first-order chi connectivity index (χ1) is 7.56. The SMILES string of the molecule is CC(C)=CCCC(C)CCCC(C)CC=O. The summed E-state index contributed by atoms with van der Waals surface area (Å²) in [5.74, 6) is 1.39. The summed E-state index contributed by atoms with van der Waals surface area (Å²) in [5, 5.41) is 0. The highest BCUT2D eigenvalue weighted by atomic mass is 16.1. The number of hydrogen-bond acceptors (Lipinski definition) is 1. The van der Waals surface area contributed by atoms with Crippen LogP contribution in [0, 0.1) is 11.8 Å². The molecule has 0 bridgehead atoms. The lowest BCUT2D eigenvalue weighted by molar-refractivity contribution is -0.108. The third kappa shape index (κ3) is 9.95. The fraction of sp³-hybridized carbons (Fsp3) is 0.800. The average molecular weight is 224 g/mol. The number of carbonyl (C=O) groups is 1. The van der Waals surface area contributed by atoms with Gasteiger partial charge in [0.1, 0.15) is 6.29 Å². The zero-order valence-electron chi connectivity index (χ0n) is 11.5. The maximum absolute atomic E-state index is 10.3. The van der Waals surface area contributed by atoms with Crippen molar-refractivity contribution >= 4 is 6.29 Å². The van der Waals surface area contributed by atoms with Gasteiger partial charge in [-0.15, -0.1) is 0 Å². The number of allylic oxidation sites excluding steroid dienone is 2. The van der Waals surface area contributed by atoms with E-state index in [1.54, 1.807) is 0 Å². The summed E-state index contributed by atoms with van der Waals surface area (Å²) in [6.07, 6.45) is 10.4. The van der Waals surface area contributed by atoms with Crippen molar-refractivity contribution in [2.75, 3.05) is 0 Å². The van der Waals surface area contributed by atoms with Gasteiger partial charge in [0.2, 0.25) is 0 Å². The molecule has 1 nitrogen and oxygen atoms in total. The van der Waals surface area contributed by atoms with Gasteiger partial charge in [-0.05, 0) is 38.5 Å². The van der Waals surface area contributed by atoms with E-state index < -0.39 is 0 Å². The molecular formula is C15H28O. The number of carbonyl (C=O) groups excluding carboxylic acids is 1. The fourth-order valence-corrected chi connectivity index (χ4v) is 1.90. The van der Waals surface area contributed by atoms with E-state index in [-0.39, 0.29) is 0 Å². The normalized spacial score (nSPS) is 14.2. The van der Waals surface area contributed by atoms with Crippen molar-refractivity contribution in [3.63, 3.8) is 0 Å². The first-order valence-electron chi connectivity index (χ1n) is 6.63. The van der Waals surface area contributed by atoms with Crippen LogP contribution in [0.15, 0.2) is 11.6 Å². The van der Waals surface area contributed by atoms with Gasteiger partial charge in [-0.2, -0.15) is 0 Å². The van der Waals surface area contributed by atoms with E-state index in [1.165, 1.54) is 37.7 Å². The van der Waals surface area contributed by atoms with E-state index in [1.807, 2.05) is 0 Å². The Bertz CT molecular complexity index is 201. The van der Waals surface area contributed by atoms with E-state index in [0.717, 1.165) is 18.6 Å². The van der Waals surface area contributed by atoms with Gasteiger partial charge in [0.15, 0.2) is 0 Å². The largest absolute Gasteiger partial charge is 0.303 e. The summed E-state index contributed by atoms with van der Waals surface area (Å²) in [7, 11) is 0. The standard InChI is InChI=1S/C15H28O/c1-13(2)7-5-8-14(3)9-6-10-15(4)11-12-16/h7,12,14-15H,5-6,8-11H2,1-4H3. The van der Waals surface area contributed by atoms with E-state index in [2.05, 4.69) is 33.8 Å². The molecule has 0 rings (SSSR count). The summed E-state index contributed by atoms with van der Waals surface area (Å²) in [4.78, 5) is 10.3. The second kappa shape index (κ2) is 9.62. The van der Waals surface area contributed by atoms with Gasteiger partial charge in [-0.25, -0.2) is 0 Å². The van der Waals surface area contributed by atoms with Crippen molar-refractivity contribution in [2.24, 2.45) is 11.8 Å². The topological polar surface area (TPSA) is 17.1 Å². The molecule has 2 unspecified atom stereocenters. The van der Waals surface area contributed by atoms with E-state index in [9.17, 15) is 4.79 Å². The number of hydrogen-bond donors (Lipinski definition) is 0. The third-order valence-electron chi connectivity index (χ3n) is 3.10. The van der Waals surface area contributed by atoms with Gasteiger partial charge in [0, 0.05) is 6.42 Å². The predicted octanol–water partition coefficient (Wildman–Crippen LogP) is 4.76. The maximum atomic E-state index is 10.3. The van der Waals surface area contributed by atoms with Crippen molar-refractivity contribution in [2.45, 2.75) is 66.2 Å². The van der Waals surface area contributed by atoms with Crippen LogP contribution in [0.1, 0.15) is 66.2 Å². The fourth-order valence-electron chi connectivity index (χ4n) is 1.90. The van der Waals surface area contributed by atoms with Gasteiger partial charge in [-0.3, -0.25) is 0 Å². The molecule has 0 heterocycles. The third-order valence-corrected chi connectivity index (χ3v) is 3.10. The molecule has 0 radical (unpaired) electrons. The monoisotopic (exact) mass is 224 g/mol. The van der Waals surface area contributed by atoms with Gasteiger partial charge in [0.25, 0.3) is 0 Å². The van der Waals surface area contributed by atoms with E-state index in [0.29, 0.717) is 5.92 Å². The molecule has 0 aliphatic carbocycles. The Kier molecular flexibility index (Phi) is 9.27. The molecule has 0 spiro atoms. The van der Waals surface area contributed by atoms with Gasteiger partial charge >= 0.3 is 0 Å². The molecule has 0 aromatic rings. The van der Waals surface area contributed by atoms with Crippen LogP contribution in [-0.2, 0) is 4.79 Å². The minimum atomic E-state index is 0.572. The van der Waals surface area contributed by atoms with Crippen LogP contribution >= 0.6 is 0 Å². The van der Waals surface area contributed by atoms with Crippen LogP contribution in [0.25, 0.3) is 0 Å². The Morgan fingerprint density at radius 1 is 1.06 bits per heavy atom. The molecule has 0 amide bonds. The Labute approximate surface area is 101 Å². The predicted molar refractivity (Wildman–Crippen MR) is 71.5 cm³/mol. The highest BCUT2D eigenvalue weighted by Gasteiger charge is 2.04. The molecule has 0 fully saturated rings. The van der Waals surface area contributed by atoms with E-state index >= 15 is 0 Å². The quantitative estimate of drug-likeness (QED) is 0.407. The Morgan fingerprint density at radius 3 is 2.25 bits per heavy atom. The van der Waals surface area contributed by atoms with Crippen molar-refractivity contribution in [3.05, 3.63) is 11.6 Å². The summed E-state index contributed by atoms with van der Waals surface area (Å²) < 4.78 is 0. The van der Waals surface area contributed by atoms with Crippen LogP contribution in [0.4, 0.5) is 0 Å². The highest BCUT2D eigenvalue weighted by molar-refractivity contribution is 5.49. The second-order valence-corrected chi connectivity index (χ2v) is 5.40. The Hall–Kier alpha value is -0.590. The van der Waals surface area contributed by atoms with Gasteiger partial charge < -0.3 is 4.79 Å². The molecule has 0 aliphatic rings. The first-order valence-corrected chi connectivity index (χ1v) is 6.63. The Balaban J connectivity index is 3.46. The zero-order valence-corrected chi connectivity index (χ0v) is 11.5. The molecule has 0 aromatic heterocycles. The van der Waals surface area contributed by atoms with Crippen LogP contribution < -0.4 is 0 Å². The van der Waals surface area contributed by atoms with Crippen LogP contribution in [0.3, 0.4) is 0 Å². The van der Waals surface area contributed by atoms with Gasteiger partial charge in [0.05, 0.1) is 0 Å². The maximum Gasteiger partial charge on any atom is 0.120 e. The van der Waals surface area contributed by atoms with Crippen molar-refractivity contribution in [1.29, 1.82) is 0 Å². The van der Waals surface area contributed by atoms with Gasteiger partial charge in [-0.1, -0.05) is 44.8 Å². The molecule has 0 saturated heterocycles. The molecule has 2 atom stereocenters. The first kappa shape index (κ1) is 15.4.